The lowest BCUT2D eigenvalue weighted by Gasteiger charge is -2.08. The number of aryl methyl sites for hydroxylation is 2. The normalized spacial score (nSPS) is 12.0. The minimum atomic E-state index is -0.794. The van der Waals surface area contributed by atoms with Crippen molar-refractivity contribution in [2.75, 3.05) is 6.54 Å². The molecule has 2 N–H and O–H groups in total. The topological polar surface area (TPSA) is 66.4 Å². The molecule has 1 rings (SSSR count). The van der Waals surface area contributed by atoms with E-state index in [0.29, 0.717) is 32.2 Å². The first-order chi connectivity index (χ1) is 9.90. The number of aliphatic carboxylic acids is 1. The summed E-state index contributed by atoms with van der Waals surface area (Å²) < 4.78 is 0. The maximum absolute atomic E-state index is 11.7. The highest BCUT2D eigenvalue weighted by molar-refractivity contribution is 6.31. The number of carbonyl (C=O) groups is 2. The van der Waals surface area contributed by atoms with E-state index in [0.717, 1.165) is 16.1 Å². The van der Waals surface area contributed by atoms with Crippen LogP contribution >= 0.6 is 11.6 Å². The second-order valence-corrected chi connectivity index (χ2v) is 5.72. The van der Waals surface area contributed by atoms with Crippen molar-refractivity contribution in [1.29, 1.82) is 0 Å². The van der Waals surface area contributed by atoms with E-state index < -0.39 is 5.97 Å². The molecule has 5 heteroatoms. The predicted octanol–water partition coefficient (Wildman–Crippen LogP) is 3.20. The summed E-state index contributed by atoms with van der Waals surface area (Å²) in [4.78, 5) is 22.3. The standard InChI is InChI=1S/C16H22ClNO3/c1-11-5-6-13(10-14(11)17)7-8-15(19)18-9-3-4-12(2)16(20)21/h5-6,10,12H,3-4,7-9H2,1-2H3,(H,18,19)(H,20,21). The number of hydrogen-bond donors (Lipinski definition) is 2. The molecular formula is C16H22ClNO3. The van der Waals surface area contributed by atoms with Gasteiger partial charge in [-0.25, -0.2) is 0 Å². The summed E-state index contributed by atoms with van der Waals surface area (Å²) in [6, 6.07) is 5.81. The van der Waals surface area contributed by atoms with Gasteiger partial charge in [0.2, 0.25) is 5.91 Å². The van der Waals surface area contributed by atoms with E-state index in [-0.39, 0.29) is 11.8 Å². The number of carboxylic acids is 1. The number of halogens is 1. The molecule has 116 valence electrons. The zero-order valence-electron chi connectivity index (χ0n) is 12.5. The smallest absolute Gasteiger partial charge is 0.306 e. The van der Waals surface area contributed by atoms with Crippen LogP contribution < -0.4 is 5.32 Å². The molecular weight excluding hydrogens is 290 g/mol. The van der Waals surface area contributed by atoms with Crippen LogP contribution in [-0.4, -0.2) is 23.5 Å². The van der Waals surface area contributed by atoms with Crippen LogP contribution in [0.3, 0.4) is 0 Å². The van der Waals surface area contributed by atoms with Gasteiger partial charge in [0.15, 0.2) is 0 Å². The van der Waals surface area contributed by atoms with E-state index in [9.17, 15) is 9.59 Å². The molecule has 1 atom stereocenters. The van der Waals surface area contributed by atoms with E-state index in [1.54, 1.807) is 6.92 Å². The molecule has 0 heterocycles. The van der Waals surface area contributed by atoms with E-state index >= 15 is 0 Å². The summed E-state index contributed by atoms with van der Waals surface area (Å²) >= 11 is 6.04. The van der Waals surface area contributed by atoms with Crippen LogP contribution in [0.2, 0.25) is 5.02 Å². The van der Waals surface area contributed by atoms with E-state index in [1.807, 2.05) is 25.1 Å². The van der Waals surface area contributed by atoms with Gasteiger partial charge in [-0.15, -0.1) is 0 Å². The Bertz CT molecular complexity index is 502. The average molecular weight is 312 g/mol. The number of rotatable bonds is 8. The first-order valence-corrected chi connectivity index (χ1v) is 7.52. The molecule has 0 aliphatic rings. The van der Waals surface area contributed by atoms with Gasteiger partial charge in [0.25, 0.3) is 0 Å². The predicted molar refractivity (Wildman–Crippen MR) is 83.6 cm³/mol. The molecule has 0 saturated carbocycles. The van der Waals surface area contributed by atoms with Crippen molar-refractivity contribution in [2.45, 2.75) is 39.5 Å². The lowest BCUT2D eigenvalue weighted by molar-refractivity contribution is -0.141. The fourth-order valence-corrected chi connectivity index (χ4v) is 2.10. The summed E-state index contributed by atoms with van der Waals surface area (Å²) in [7, 11) is 0. The zero-order chi connectivity index (χ0) is 15.8. The molecule has 21 heavy (non-hydrogen) atoms. The maximum Gasteiger partial charge on any atom is 0.306 e. The number of nitrogens with one attached hydrogen (secondary N) is 1. The van der Waals surface area contributed by atoms with Gasteiger partial charge in [-0.05, 0) is 43.4 Å². The zero-order valence-corrected chi connectivity index (χ0v) is 13.2. The van der Waals surface area contributed by atoms with Crippen LogP contribution in [0.1, 0.15) is 37.3 Å². The van der Waals surface area contributed by atoms with Gasteiger partial charge in [-0.2, -0.15) is 0 Å². The molecule has 0 aromatic heterocycles. The molecule has 4 nitrogen and oxygen atoms in total. The van der Waals surface area contributed by atoms with Crippen molar-refractivity contribution in [2.24, 2.45) is 5.92 Å². The molecule has 0 aliphatic carbocycles. The monoisotopic (exact) mass is 311 g/mol. The minimum absolute atomic E-state index is 0.0188. The Hall–Kier alpha value is -1.55. The summed E-state index contributed by atoms with van der Waals surface area (Å²) in [5.41, 5.74) is 2.07. The Labute approximate surface area is 130 Å². The molecule has 0 radical (unpaired) electrons. The summed E-state index contributed by atoms with van der Waals surface area (Å²) in [5.74, 6) is -1.18. The summed E-state index contributed by atoms with van der Waals surface area (Å²) in [6.45, 7) is 4.13. The van der Waals surface area contributed by atoms with Crippen molar-refractivity contribution in [3.63, 3.8) is 0 Å². The van der Waals surface area contributed by atoms with Gasteiger partial charge >= 0.3 is 5.97 Å². The summed E-state index contributed by atoms with van der Waals surface area (Å²) in [6.07, 6.45) is 2.31. The quantitative estimate of drug-likeness (QED) is 0.725. The van der Waals surface area contributed by atoms with Crippen LogP contribution in [0.4, 0.5) is 0 Å². The van der Waals surface area contributed by atoms with Crippen LogP contribution in [0, 0.1) is 12.8 Å². The third-order valence-electron chi connectivity index (χ3n) is 3.43. The molecule has 1 amide bonds. The van der Waals surface area contributed by atoms with Crippen LogP contribution in [0.5, 0.6) is 0 Å². The molecule has 0 aliphatic heterocycles. The fraction of sp³-hybridized carbons (Fsp3) is 0.500. The fourth-order valence-electron chi connectivity index (χ4n) is 1.90. The Morgan fingerprint density at radius 1 is 1.38 bits per heavy atom. The third kappa shape index (κ3) is 6.63. The van der Waals surface area contributed by atoms with Crippen LogP contribution in [0.25, 0.3) is 0 Å². The second kappa shape index (κ2) is 8.67. The van der Waals surface area contributed by atoms with E-state index in [1.165, 1.54) is 0 Å². The van der Waals surface area contributed by atoms with Crippen molar-refractivity contribution in [1.82, 2.24) is 5.32 Å². The van der Waals surface area contributed by atoms with Gasteiger partial charge in [0, 0.05) is 18.0 Å². The highest BCUT2D eigenvalue weighted by Gasteiger charge is 2.10. The van der Waals surface area contributed by atoms with Gasteiger partial charge < -0.3 is 10.4 Å². The molecule has 0 bridgehead atoms. The number of hydrogen-bond acceptors (Lipinski definition) is 2. The lowest BCUT2D eigenvalue weighted by Crippen LogP contribution is -2.25. The minimum Gasteiger partial charge on any atom is -0.481 e. The summed E-state index contributed by atoms with van der Waals surface area (Å²) in [5, 5.41) is 12.3. The van der Waals surface area contributed by atoms with Crippen LogP contribution in [0.15, 0.2) is 18.2 Å². The van der Waals surface area contributed by atoms with Gasteiger partial charge in [0.1, 0.15) is 0 Å². The van der Waals surface area contributed by atoms with Gasteiger partial charge in [-0.1, -0.05) is 30.7 Å². The second-order valence-electron chi connectivity index (χ2n) is 5.32. The third-order valence-corrected chi connectivity index (χ3v) is 3.84. The van der Waals surface area contributed by atoms with Crippen molar-refractivity contribution < 1.29 is 14.7 Å². The van der Waals surface area contributed by atoms with Crippen molar-refractivity contribution in [3.8, 4) is 0 Å². The molecule has 1 aromatic rings. The van der Waals surface area contributed by atoms with Gasteiger partial charge in [-0.3, -0.25) is 9.59 Å². The van der Waals surface area contributed by atoms with E-state index in [2.05, 4.69) is 5.32 Å². The molecule has 1 aromatic carbocycles. The van der Waals surface area contributed by atoms with Crippen molar-refractivity contribution in [3.05, 3.63) is 34.3 Å². The first-order valence-electron chi connectivity index (χ1n) is 7.14. The number of carbonyl (C=O) groups excluding carboxylic acids is 1. The highest BCUT2D eigenvalue weighted by Crippen LogP contribution is 2.17. The average Bonchev–Trinajstić information content (AvgIpc) is 2.44. The lowest BCUT2D eigenvalue weighted by atomic mass is 10.1. The van der Waals surface area contributed by atoms with Crippen LogP contribution in [-0.2, 0) is 16.0 Å². The molecule has 1 unspecified atom stereocenters. The molecule has 0 fully saturated rings. The number of benzene rings is 1. The Morgan fingerprint density at radius 2 is 2.10 bits per heavy atom. The van der Waals surface area contributed by atoms with Crippen molar-refractivity contribution >= 4 is 23.5 Å². The molecule has 0 spiro atoms. The molecule has 0 saturated heterocycles. The SMILES string of the molecule is Cc1ccc(CCC(=O)NCCCC(C)C(=O)O)cc1Cl. The Morgan fingerprint density at radius 3 is 2.71 bits per heavy atom. The highest BCUT2D eigenvalue weighted by atomic mass is 35.5. The number of carboxylic acid groups (broad SMARTS) is 1. The Kier molecular flexibility index (Phi) is 7.23. The maximum atomic E-state index is 11.7. The number of amides is 1. The van der Waals surface area contributed by atoms with E-state index in [4.69, 9.17) is 16.7 Å². The van der Waals surface area contributed by atoms with Gasteiger partial charge in [0.05, 0.1) is 5.92 Å². The largest absolute Gasteiger partial charge is 0.481 e. The first kappa shape index (κ1) is 17.5. The Balaban J connectivity index is 2.22.